The molecule has 3 aromatic rings. The lowest BCUT2D eigenvalue weighted by Crippen LogP contribution is -2.47. The van der Waals surface area contributed by atoms with E-state index in [1.807, 2.05) is 35.1 Å². The SMILES string of the molecule is C=C.CC1(C)CCC(CN2CCN(c3ccc(C(=O)NS(=O)(=O)c4ccc(NC(CCN5CCCC5)CSc5ccccc5)c(S(=O)(=O)C(F)(F)F)c4)cc3)CC2)=C(CCCC(F)F)C1. The Balaban J connectivity index is 0.00000391. The zero-order valence-electron chi connectivity index (χ0n) is 37.2. The Hall–Kier alpha value is -3.97. The summed E-state index contributed by atoms with van der Waals surface area (Å²) in [6.07, 6.45) is 4.30. The fourth-order valence-electron chi connectivity index (χ4n) is 8.49. The Morgan fingerprint density at radius 3 is 2.14 bits per heavy atom. The summed E-state index contributed by atoms with van der Waals surface area (Å²) < 4.78 is 123. The van der Waals surface area contributed by atoms with E-state index in [0.29, 0.717) is 50.7 Å². The molecule has 2 heterocycles. The molecule has 1 aliphatic carbocycles. The van der Waals surface area contributed by atoms with Crippen LogP contribution in [0.2, 0.25) is 0 Å². The molecule has 0 saturated carbocycles. The number of thioether (sulfide) groups is 1. The van der Waals surface area contributed by atoms with Crippen LogP contribution in [-0.4, -0.2) is 109 Å². The van der Waals surface area contributed by atoms with Gasteiger partial charge in [-0.05, 0) is 124 Å². The number of carbonyl (C=O) groups is 1. The number of sulfone groups is 1. The fraction of sp³-hybridized carbons (Fsp3) is 0.511. The highest BCUT2D eigenvalue weighted by Crippen LogP contribution is 2.41. The second kappa shape index (κ2) is 23.2. The lowest BCUT2D eigenvalue weighted by Gasteiger charge is -2.39. The van der Waals surface area contributed by atoms with Crippen molar-refractivity contribution in [3.05, 3.63) is 103 Å². The van der Waals surface area contributed by atoms with Gasteiger partial charge in [-0.15, -0.1) is 24.9 Å². The van der Waals surface area contributed by atoms with Crippen LogP contribution in [0.15, 0.2) is 112 Å². The zero-order valence-corrected chi connectivity index (χ0v) is 39.7. The number of nitrogens with zero attached hydrogens (tertiary/aromatic N) is 3. The van der Waals surface area contributed by atoms with Crippen molar-refractivity contribution in [1.82, 2.24) is 14.5 Å². The summed E-state index contributed by atoms with van der Waals surface area (Å²) in [6, 6.07) is 17.6. The number of alkyl halides is 5. The Morgan fingerprint density at radius 2 is 1.51 bits per heavy atom. The lowest BCUT2D eigenvalue weighted by atomic mass is 9.73. The fourth-order valence-corrected chi connectivity index (χ4v) is 11.5. The minimum atomic E-state index is -6.04. The van der Waals surface area contributed by atoms with E-state index >= 15 is 0 Å². The molecule has 1 amide bonds. The average molecular weight is 968 g/mol. The van der Waals surface area contributed by atoms with Gasteiger partial charge in [0.05, 0.1) is 10.6 Å². The predicted octanol–water partition coefficient (Wildman–Crippen LogP) is 10.0. The number of amides is 1. The van der Waals surface area contributed by atoms with Gasteiger partial charge in [0.2, 0.25) is 6.43 Å². The standard InChI is InChI=1S/C45H58F5N5O5S3.C2H4/c1-44(2)21-19-35(34(30-44)9-8-12-42(46)47)31-54-25-27-55(28-26-54)37-15-13-33(14-16-37)43(56)52-63(59,60)39-17-18-40(41(29-39)62(57,58)45(48,49)50)51-36(20-24-53-22-6-7-23-53)32-61-38-10-4-3-5-11-38;1-2/h3-5,10-11,13-18,29,36,42,51H,6-9,12,19-28,30-32H2,1-2H3,(H,52,56);1-2H2. The topological polar surface area (TPSA) is 119 Å². The Morgan fingerprint density at radius 1 is 0.846 bits per heavy atom. The van der Waals surface area contributed by atoms with Crippen LogP contribution in [0.1, 0.15) is 82.0 Å². The Labute approximate surface area is 386 Å². The number of rotatable bonds is 19. The summed E-state index contributed by atoms with van der Waals surface area (Å²) in [7, 11) is -10.9. The van der Waals surface area contributed by atoms with E-state index in [-0.39, 0.29) is 17.4 Å². The summed E-state index contributed by atoms with van der Waals surface area (Å²) in [5.41, 5.74) is -2.51. The van der Waals surface area contributed by atoms with Crippen LogP contribution >= 0.6 is 11.8 Å². The van der Waals surface area contributed by atoms with Crippen molar-refractivity contribution in [2.45, 2.75) is 104 Å². The summed E-state index contributed by atoms with van der Waals surface area (Å²) in [6.45, 7) is 16.6. The average Bonchev–Trinajstić information content (AvgIpc) is 3.80. The van der Waals surface area contributed by atoms with E-state index in [1.54, 1.807) is 12.1 Å². The molecule has 18 heteroatoms. The van der Waals surface area contributed by atoms with Crippen LogP contribution < -0.4 is 14.9 Å². The van der Waals surface area contributed by atoms with Crippen molar-refractivity contribution >= 4 is 48.9 Å². The van der Waals surface area contributed by atoms with E-state index in [2.05, 4.69) is 47.0 Å². The maximum absolute atomic E-state index is 14.1. The van der Waals surface area contributed by atoms with E-state index in [9.17, 15) is 43.6 Å². The van der Waals surface area contributed by atoms with Crippen molar-refractivity contribution in [1.29, 1.82) is 0 Å². The first kappa shape index (κ1) is 52.0. The molecule has 1 atom stereocenters. The molecule has 2 N–H and O–H groups in total. The molecule has 3 aromatic carbocycles. The van der Waals surface area contributed by atoms with Crippen LogP contribution in [0, 0.1) is 5.41 Å². The first-order chi connectivity index (χ1) is 30.8. The molecule has 0 aromatic heterocycles. The van der Waals surface area contributed by atoms with Gasteiger partial charge >= 0.3 is 5.51 Å². The summed E-state index contributed by atoms with van der Waals surface area (Å²) in [5.74, 6) is -0.650. The highest BCUT2D eigenvalue weighted by molar-refractivity contribution is 7.99. The first-order valence-electron chi connectivity index (χ1n) is 22.0. The number of benzene rings is 3. The number of carbonyl (C=O) groups excluding carboxylic acids is 1. The first-order valence-corrected chi connectivity index (χ1v) is 26.0. The maximum Gasteiger partial charge on any atom is 0.501 e. The van der Waals surface area contributed by atoms with E-state index < -0.39 is 59.2 Å². The molecular formula is C47H62F5N5O5S3. The van der Waals surface area contributed by atoms with E-state index in [4.69, 9.17) is 0 Å². The van der Waals surface area contributed by atoms with Gasteiger partial charge in [0.1, 0.15) is 4.90 Å². The van der Waals surface area contributed by atoms with Crippen molar-refractivity contribution in [3.8, 4) is 0 Å². The number of likely N-dealkylation sites (tertiary alicyclic amines) is 1. The second-order valence-corrected chi connectivity index (χ2v) is 22.2. The van der Waals surface area contributed by atoms with Crippen LogP contribution in [-0.2, 0) is 19.9 Å². The highest BCUT2D eigenvalue weighted by Gasteiger charge is 2.48. The molecule has 358 valence electrons. The number of anilines is 2. The summed E-state index contributed by atoms with van der Waals surface area (Å²) in [5, 5.41) is 2.99. The maximum atomic E-state index is 14.1. The molecule has 0 spiro atoms. The molecule has 65 heavy (non-hydrogen) atoms. The number of allylic oxidation sites excluding steroid dienone is 1. The molecular weight excluding hydrogens is 906 g/mol. The number of hydrogen-bond donors (Lipinski definition) is 2. The predicted molar refractivity (Wildman–Crippen MR) is 250 cm³/mol. The van der Waals surface area contributed by atoms with Crippen molar-refractivity contribution in [2.75, 3.05) is 68.3 Å². The van der Waals surface area contributed by atoms with Crippen LogP contribution in [0.5, 0.6) is 0 Å². The molecule has 0 bridgehead atoms. The molecule has 2 fully saturated rings. The molecule has 3 aliphatic rings. The normalized spacial score (nSPS) is 18.0. The second-order valence-electron chi connectivity index (χ2n) is 17.5. The number of hydrogen-bond acceptors (Lipinski definition) is 10. The van der Waals surface area contributed by atoms with Gasteiger partial charge in [-0.25, -0.2) is 30.3 Å². The molecule has 1 unspecified atom stereocenters. The van der Waals surface area contributed by atoms with E-state index in [1.165, 1.54) is 35.0 Å². The van der Waals surface area contributed by atoms with Gasteiger partial charge in [-0.3, -0.25) is 9.69 Å². The van der Waals surface area contributed by atoms with Gasteiger partial charge in [-0.1, -0.05) is 43.2 Å². The van der Waals surface area contributed by atoms with Gasteiger partial charge < -0.3 is 15.1 Å². The van der Waals surface area contributed by atoms with Gasteiger partial charge in [0.15, 0.2) is 0 Å². The number of sulfonamides is 1. The smallest absolute Gasteiger partial charge is 0.380 e. The number of halogens is 5. The summed E-state index contributed by atoms with van der Waals surface area (Å²) in [4.78, 5) is 18.9. The van der Waals surface area contributed by atoms with Gasteiger partial charge in [0, 0.05) is 73.6 Å². The van der Waals surface area contributed by atoms with Crippen LogP contribution in [0.3, 0.4) is 0 Å². The molecule has 0 radical (unpaired) electrons. The summed E-state index contributed by atoms with van der Waals surface area (Å²) >= 11 is 1.46. The Bertz CT molecular complexity index is 2280. The van der Waals surface area contributed by atoms with Crippen molar-refractivity contribution in [2.24, 2.45) is 5.41 Å². The van der Waals surface area contributed by atoms with Crippen LogP contribution in [0.25, 0.3) is 0 Å². The molecule has 6 rings (SSSR count). The van der Waals surface area contributed by atoms with Gasteiger partial charge in [-0.2, -0.15) is 13.2 Å². The minimum Gasteiger partial charge on any atom is -0.380 e. The Kier molecular flexibility index (Phi) is 18.5. The minimum absolute atomic E-state index is 0.0225. The lowest BCUT2D eigenvalue weighted by molar-refractivity contribution is -0.0435. The van der Waals surface area contributed by atoms with Crippen LogP contribution in [0.4, 0.5) is 33.3 Å². The largest absolute Gasteiger partial charge is 0.501 e. The quantitative estimate of drug-likeness (QED) is 0.0683. The molecule has 2 saturated heterocycles. The third-order valence-corrected chi connectivity index (χ3v) is 16.1. The number of piperazine rings is 1. The zero-order chi connectivity index (χ0) is 47.4. The molecule has 10 nitrogen and oxygen atoms in total. The van der Waals surface area contributed by atoms with E-state index in [0.717, 1.165) is 87.5 Å². The monoisotopic (exact) mass is 967 g/mol. The third kappa shape index (κ3) is 14.8. The van der Waals surface area contributed by atoms with Gasteiger partial charge in [0.25, 0.3) is 25.8 Å². The van der Waals surface area contributed by atoms with Crippen molar-refractivity contribution in [3.63, 3.8) is 0 Å². The highest BCUT2D eigenvalue weighted by atomic mass is 32.2. The third-order valence-electron chi connectivity index (χ3n) is 12.1. The molecule has 2 aliphatic heterocycles. The van der Waals surface area contributed by atoms with Crippen molar-refractivity contribution < 1.29 is 43.6 Å². The number of nitrogens with one attached hydrogen (secondary N) is 2.